The van der Waals surface area contributed by atoms with Crippen LogP contribution in [0, 0.1) is 0 Å². The molecular formula is C33H71FNO3Si+. The highest BCUT2D eigenvalue weighted by Crippen LogP contribution is 2.21. The van der Waals surface area contributed by atoms with Crippen LogP contribution >= 0.6 is 0 Å². The summed E-state index contributed by atoms with van der Waals surface area (Å²) in [5.41, 5.74) is 0. The zero-order valence-electron chi connectivity index (χ0n) is 27.5. The summed E-state index contributed by atoms with van der Waals surface area (Å²) < 4.78 is 32.0. The summed E-state index contributed by atoms with van der Waals surface area (Å²) in [6, 6.07) is 0.686. The van der Waals surface area contributed by atoms with Gasteiger partial charge in [-0.25, -0.2) is 4.39 Å². The number of hydrogen-bond acceptors (Lipinski definition) is 3. The van der Waals surface area contributed by atoms with Crippen LogP contribution in [0.2, 0.25) is 6.04 Å². The van der Waals surface area contributed by atoms with Gasteiger partial charge in [0.05, 0.1) is 26.2 Å². The van der Waals surface area contributed by atoms with Crippen LogP contribution in [0.4, 0.5) is 4.39 Å². The highest BCUT2D eigenvalue weighted by atomic mass is 28.4. The third-order valence-electron chi connectivity index (χ3n) is 8.72. The van der Waals surface area contributed by atoms with Gasteiger partial charge in [0.1, 0.15) is 6.17 Å². The van der Waals surface area contributed by atoms with Crippen molar-refractivity contribution in [1.82, 2.24) is 0 Å². The fraction of sp³-hybridized carbons (Fsp3) is 1.00. The molecule has 0 N–H and O–H groups in total. The van der Waals surface area contributed by atoms with E-state index in [1.165, 1.54) is 133 Å². The van der Waals surface area contributed by atoms with Gasteiger partial charge < -0.3 is 17.8 Å². The summed E-state index contributed by atoms with van der Waals surface area (Å²) >= 11 is 0. The number of unbranched alkanes of at least 4 members (excludes halogenated alkanes) is 14. The van der Waals surface area contributed by atoms with E-state index in [9.17, 15) is 4.39 Å². The molecule has 1 atom stereocenters. The van der Waals surface area contributed by atoms with E-state index in [0.717, 1.165) is 19.3 Å². The van der Waals surface area contributed by atoms with Gasteiger partial charge in [0.2, 0.25) is 0 Å². The molecule has 6 heteroatoms. The number of rotatable bonds is 31. The lowest BCUT2D eigenvalue weighted by Gasteiger charge is -2.39. The molecule has 39 heavy (non-hydrogen) atoms. The number of alkyl halides is 1. The van der Waals surface area contributed by atoms with Crippen LogP contribution in [0.1, 0.15) is 156 Å². The Morgan fingerprint density at radius 3 is 1.28 bits per heavy atom. The monoisotopic (exact) mass is 577 g/mol. The van der Waals surface area contributed by atoms with Crippen molar-refractivity contribution >= 4 is 8.80 Å². The average molecular weight is 577 g/mol. The van der Waals surface area contributed by atoms with Crippen molar-refractivity contribution in [2.24, 2.45) is 0 Å². The minimum Gasteiger partial charge on any atom is -0.377 e. The maximum Gasteiger partial charge on any atom is 0.500 e. The van der Waals surface area contributed by atoms with E-state index in [4.69, 9.17) is 13.3 Å². The summed E-state index contributed by atoms with van der Waals surface area (Å²) in [7, 11) is 2.31. The number of quaternary nitrogens is 1. The van der Waals surface area contributed by atoms with Crippen molar-refractivity contribution in [3.63, 3.8) is 0 Å². The third kappa shape index (κ3) is 20.5. The molecule has 0 bridgehead atoms. The Kier molecular flexibility index (Phi) is 26.8. The largest absolute Gasteiger partial charge is 0.500 e. The lowest BCUT2D eigenvalue weighted by molar-refractivity contribution is -0.928. The van der Waals surface area contributed by atoms with Crippen molar-refractivity contribution in [2.45, 2.75) is 168 Å². The van der Waals surface area contributed by atoms with Gasteiger partial charge in [0.15, 0.2) is 0 Å². The predicted octanol–water partition coefficient (Wildman–Crippen LogP) is 10.3. The third-order valence-corrected chi connectivity index (χ3v) is 11.5. The van der Waals surface area contributed by atoms with Crippen molar-refractivity contribution in [3.8, 4) is 0 Å². The number of hydrogen-bond donors (Lipinski definition) is 0. The molecule has 1 unspecified atom stereocenters. The quantitative estimate of drug-likeness (QED) is 0.0467. The van der Waals surface area contributed by atoms with E-state index in [2.05, 4.69) is 20.8 Å². The standard InChI is InChI=1S/C33H71FNO3Si/c1-7-10-11-12-13-14-15-16-17-20-23-30-35(28-8-2,29-9-3)31-24-21-18-19-22-26-33(34)27-25-32-39(36-4,37-5)38-6/h33H,7-32H2,1-6H3/q+1. The highest BCUT2D eigenvalue weighted by Gasteiger charge is 2.37. The van der Waals surface area contributed by atoms with Gasteiger partial charge in [-0.1, -0.05) is 97.8 Å². The van der Waals surface area contributed by atoms with Crippen LogP contribution in [0.3, 0.4) is 0 Å². The molecule has 0 amide bonds. The second-order valence-corrected chi connectivity index (χ2v) is 15.2. The van der Waals surface area contributed by atoms with Gasteiger partial charge in [0, 0.05) is 27.4 Å². The van der Waals surface area contributed by atoms with Gasteiger partial charge in [-0.15, -0.1) is 0 Å². The first-order chi connectivity index (χ1) is 19.0. The topological polar surface area (TPSA) is 27.7 Å². The molecule has 0 spiro atoms. The summed E-state index contributed by atoms with van der Waals surface area (Å²) in [5.74, 6) is 0. The molecule has 0 aromatic carbocycles. The minimum absolute atomic E-state index is 0.581. The molecule has 0 aromatic heterocycles. The SMILES string of the molecule is CCCCCCCCCCCCC[N+](CCC)(CCC)CCCCCCCC(F)CCC[Si](OC)(OC)OC. The van der Waals surface area contributed by atoms with Gasteiger partial charge in [0.25, 0.3) is 0 Å². The van der Waals surface area contributed by atoms with Gasteiger partial charge >= 0.3 is 8.80 Å². The first-order valence-electron chi connectivity index (χ1n) is 17.1. The summed E-state index contributed by atoms with van der Waals surface area (Å²) in [5, 5.41) is 0. The van der Waals surface area contributed by atoms with Crippen LogP contribution < -0.4 is 0 Å². The van der Waals surface area contributed by atoms with Crippen molar-refractivity contribution in [1.29, 1.82) is 0 Å². The molecule has 0 aromatic rings. The Hall–Kier alpha value is -0.0131. The highest BCUT2D eigenvalue weighted by molar-refractivity contribution is 6.60. The second kappa shape index (κ2) is 26.9. The van der Waals surface area contributed by atoms with Crippen LogP contribution in [-0.4, -0.2) is 67.0 Å². The second-order valence-electron chi connectivity index (χ2n) is 12.1. The van der Waals surface area contributed by atoms with Gasteiger partial charge in [-0.2, -0.15) is 0 Å². The van der Waals surface area contributed by atoms with Crippen molar-refractivity contribution in [3.05, 3.63) is 0 Å². The van der Waals surface area contributed by atoms with Crippen LogP contribution in [0.15, 0.2) is 0 Å². The molecule has 0 fully saturated rings. The molecule has 0 saturated heterocycles. The smallest absolute Gasteiger partial charge is 0.377 e. The molecule has 0 rings (SSSR count). The van der Waals surface area contributed by atoms with Crippen molar-refractivity contribution < 1.29 is 22.2 Å². The van der Waals surface area contributed by atoms with E-state index in [0.29, 0.717) is 18.9 Å². The van der Waals surface area contributed by atoms with E-state index >= 15 is 0 Å². The summed E-state index contributed by atoms with van der Waals surface area (Å²) in [4.78, 5) is 0. The molecule has 0 aliphatic heterocycles. The van der Waals surface area contributed by atoms with E-state index in [1.807, 2.05) is 0 Å². The maximum absolute atomic E-state index is 14.4. The van der Waals surface area contributed by atoms with Gasteiger partial charge in [-0.05, 0) is 57.8 Å². The first kappa shape index (κ1) is 39.0. The molecule has 0 aliphatic rings. The van der Waals surface area contributed by atoms with Crippen LogP contribution in [0.5, 0.6) is 0 Å². The van der Waals surface area contributed by atoms with Crippen LogP contribution in [0.25, 0.3) is 0 Å². The zero-order chi connectivity index (χ0) is 29.1. The Morgan fingerprint density at radius 2 is 0.872 bits per heavy atom. The predicted molar refractivity (Wildman–Crippen MR) is 170 cm³/mol. The minimum atomic E-state index is -2.56. The molecule has 4 nitrogen and oxygen atoms in total. The fourth-order valence-electron chi connectivity index (χ4n) is 6.31. The zero-order valence-corrected chi connectivity index (χ0v) is 28.5. The summed E-state index contributed by atoms with van der Waals surface area (Å²) in [6.45, 7) is 12.4. The fourth-order valence-corrected chi connectivity index (χ4v) is 8.06. The van der Waals surface area contributed by atoms with Gasteiger partial charge in [-0.3, -0.25) is 0 Å². The molecular weight excluding hydrogens is 505 g/mol. The number of nitrogens with zero attached hydrogens (tertiary/aromatic N) is 1. The lowest BCUT2D eigenvalue weighted by Crippen LogP contribution is -2.50. The molecule has 236 valence electrons. The molecule has 0 aliphatic carbocycles. The molecule has 0 heterocycles. The Bertz CT molecular complexity index is 493. The van der Waals surface area contributed by atoms with E-state index < -0.39 is 15.0 Å². The Balaban J connectivity index is 4.06. The van der Waals surface area contributed by atoms with E-state index in [1.54, 1.807) is 21.3 Å². The normalized spacial score (nSPS) is 13.3. The van der Waals surface area contributed by atoms with E-state index in [-0.39, 0.29) is 0 Å². The van der Waals surface area contributed by atoms with Crippen LogP contribution in [-0.2, 0) is 13.3 Å². The van der Waals surface area contributed by atoms with Crippen molar-refractivity contribution in [2.75, 3.05) is 47.5 Å². The number of halogens is 1. The lowest BCUT2D eigenvalue weighted by atomic mass is 10.0. The molecule has 0 radical (unpaired) electrons. The molecule has 0 saturated carbocycles. The Morgan fingerprint density at radius 1 is 0.487 bits per heavy atom. The Labute approximate surface area is 246 Å². The summed E-state index contributed by atoms with van der Waals surface area (Å²) in [6.07, 6.45) is 25.6. The maximum atomic E-state index is 14.4. The average Bonchev–Trinajstić information content (AvgIpc) is 2.94. The first-order valence-corrected chi connectivity index (χ1v) is 19.0.